The molecule has 0 aliphatic carbocycles. The van der Waals surface area contributed by atoms with Crippen LogP contribution in [0.1, 0.15) is 29.8 Å². The molecule has 2 aromatic carbocycles. The van der Waals surface area contributed by atoms with E-state index in [0.29, 0.717) is 11.3 Å². The molecule has 0 fully saturated rings. The molecule has 0 bridgehead atoms. The number of nitrogens with zero attached hydrogens (tertiary/aromatic N) is 2. The highest BCUT2D eigenvalue weighted by Gasteiger charge is 2.33. The normalized spacial score (nSPS) is 12.8. The zero-order valence-corrected chi connectivity index (χ0v) is 20.9. The second-order valence-electron chi connectivity index (χ2n) is 8.18. The number of carbonyl (C=O) groups is 1. The van der Waals surface area contributed by atoms with Crippen molar-refractivity contribution >= 4 is 39.2 Å². The fourth-order valence-corrected chi connectivity index (χ4v) is 3.95. The number of amides is 1. The number of aromatic nitrogens is 1. The van der Waals surface area contributed by atoms with Crippen molar-refractivity contribution in [3.63, 3.8) is 0 Å². The van der Waals surface area contributed by atoms with Crippen molar-refractivity contribution in [3.8, 4) is 0 Å². The molecule has 0 unspecified atom stereocenters. The van der Waals surface area contributed by atoms with Gasteiger partial charge in [-0.1, -0.05) is 24.3 Å². The van der Waals surface area contributed by atoms with Crippen LogP contribution < -0.4 is 14.9 Å². The van der Waals surface area contributed by atoms with E-state index in [4.69, 9.17) is 0 Å². The highest BCUT2D eigenvalue weighted by atomic mass is 32.2. The predicted molar refractivity (Wildman–Crippen MR) is 134 cm³/mol. The number of nitrogens with one attached hydrogen (secondary N) is 2. The van der Waals surface area contributed by atoms with Crippen LogP contribution in [-0.2, 0) is 21.0 Å². The minimum absolute atomic E-state index is 0.00541. The molecule has 3 aromatic rings. The number of para-hydroxylation sites is 1. The standard InChI is InChI=1S/C25H24F4N4O3S/c1-16(18-9-12-21(20(26)15-18)32-37(3,35)36)30-23(34)14-11-17-10-13-22(25(27,28)29)31-24(17)33(2)19-7-5-4-6-8-19/h4-16,32H,1-3H3,(H,30,34)/b14-11+/t16-/m1/s1. The Kier molecular flexibility index (Phi) is 8.22. The van der Waals surface area contributed by atoms with Gasteiger partial charge in [0.05, 0.1) is 18.0 Å². The van der Waals surface area contributed by atoms with Gasteiger partial charge < -0.3 is 10.2 Å². The van der Waals surface area contributed by atoms with Gasteiger partial charge in [-0.05, 0) is 55.0 Å². The zero-order chi connectivity index (χ0) is 27.4. The van der Waals surface area contributed by atoms with Gasteiger partial charge in [-0.15, -0.1) is 0 Å². The van der Waals surface area contributed by atoms with Gasteiger partial charge in [0, 0.05) is 24.4 Å². The maximum Gasteiger partial charge on any atom is 0.433 e. The summed E-state index contributed by atoms with van der Waals surface area (Å²) in [6.45, 7) is 1.60. The van der Waals surface area contributed by atoms with Crippen molar-refractivity contribution < 1.29 is 30.8 Å². The first-order valence-corrected chi connectivity index (χ1v) is 12.8. The van der Waals surface area contributed by atoms with E-state index >= 15 is 0 Å². The second kappa shape index (κ2) is 11.0. The number of pyridine rings is 1. The third-order valence-electron chi connectivity index (χ3n) is 5.22. The topological polar surface area (TPSA) is 91.4 Å². The average molecular weight is 537 g/mol. The van der Waals surface area contributed by atoms with Crippen molar-refractivity contribution in [2.45, 2.75) is 19.1 Å². The Bertz CT molecular complexity index is 1410. The van der Waals surface area contributed by atoms with E-state index in [9.17, 15) is 30.8 Å². The van der Waals surface area contributed by atoms with E-state index < -0.39 is 39.7 Å². The quantitative estimate of drug-likeness (QED) is 0.302. The summed E-state index contributed by atoms with van der Waals surface area (Å²) in [6, 6.07) is 13.8. The van der Waals surface area contributed by atoms with Crippen LogP contribution in [0, 0.1) is 5.82 Å². The lowest BCUT2D eigenvalue weighted by Gasteiger charge is -2.21. The third-order valence-corrected chi connectivity index (χ3v) is 5.81. The molecule has 0 saturated heterocycles. The lowest BCUT2D eigenvalue weighted by atomic mass is 10.1. The molecule has 0 radical (unpaired) electrons. The van der Waals surface area contributed by atoms with Crippen LogP contribution in [0.25, 0.3) is 6.08 Å². The first-order valence-electron chi connectivity index (χ1n) is 10.9. The van der Waals surface area contributed by atoms with E-state index in [-0.39, 0.29) is 17.1 Å². The lowest BCUT2D eigenvalue weighted by molar-refractivity contribution is -0.141. The minimum Gasteiger partial charge on any atom is -0.346 e. The summed E-state index contributed by atoms with van der Waals surface area (Å²) < 4.78 is 78.8. The van der Waals surface area contributed by atoms with E-state index in [1.807, 2.05) is 0 Å². The van der Waals surface area contributed by atoms with E-state index in [2.05, 4.69) is 15.0 Å². The molecule has 1 atom stereocenters. The highest BCUT2D eigenvalue weighted by molar-refractivity contribution is 7.92. The Morgan fingerprint density at radius 2 is 1.76 bits per heavy atom. The van der Waals surface area contributed by atoms with Gasteiger partial charge in [0.1, 0.15) is 17.3 Å². The number of benzene rings is 2. The molecule has 196 valence electrons. The number of hydrogen-bond acceptors (Lipinski definition) is 5. The van der Waals surface area contributed by atoms with Crippen molar-refractivity contribution in [2.75, 3.05) is 22.9 Å². The Hall–Kier alpha value is -3.93. The molecule has 1 amide bonds. The Morgan fingerprint density at radius 3 is 2.35 bits per heavy atom. The molecule has 0 spiro atoms. The highest BCUT2D eigenvalue weighted by Crippen LogP contribution is 2.33. The molecule has 1 heterocycles. The van der Waals surface area contributed by atoms with Crippen molar-refractivity contribution in [3.05, 3.63) is 89.4 Å². The van der Waals surface area contributed by atoms with Gasteiger partial charge in [-0.25, -0.2) is 17.8 Å². The summed E-state index contributed by atoms with van der Waals surface area (Å²) in [5.74, 6) is -1.40. The van der Waals surface area contributed by atoms with Crippen LogP contribution in [0.4, 0.5) is 34.8 Å². The third kappa shape index (κ3) is 7.53. The molecule has 1 aromatic heterocycles. The second-order valence-corrected chi connectivity index (χ2v) is 9.93. The molecular formula is C25H24F4N4O3S. The van der Waals surface area contributed by atoms with Gasteiger partial charge in [0.25, 0.3) is 0 Å². The zero-order valence-electron chi connectivity index (χ0n) is 20.0. The first kappa shape index (κ1) is 27.7. The van der Waals surface area contributed by atoms with E-state index in [0.717, 1.165) is 24.5 Å². The van der Waals surface area contributed by atoms with Crippen LogP contribution >= 0.6 is 0 Å². The number of rotatable bonds is 8. The summed E-state index contributed by atoms with van der Waals surface area (Å²) >= 11 is 0. The van der Waals surface area contributed by atoms with E-state index in [1.165, 1.54) is 29.2 Å². The molecule has 0 saturated carbocycles. The van der Waals surface area contributed by atoms with Crippen LogP contribution in [0.3, 0.4) is 0 Å². The van der Waals surface area contributed by atoms with Crippen molar-refractivity contribution in [1.82, 2.24) is 10.3 Å². The Labute approximate surface area is 211 Å². The smallest absolute Gasteiger partial charge is 0.346 e. The van der Waals surface area contributed by atoms with Gasteiger partial charge in [-0.3, -0.25) is 9.52 Å². The molecule has 37 heavy (non-hydrogen) atoms. The van der Waals surface area contributed by atoms with Gasteiger partial charge in [0.2, 0.25) is 15.9 Å². The Morgan fingerprint density at radius 1 is 1.08 bits per heavy atom. The summed E-state index contributed by atoms with van der Waals surface area (Å²) in [7, 11) is -2.10. The fourth-order valence-electron chi connectivity index (χ4n) is 3.38. The van der Waals surface area contributed by atoms with Crippen LogP contribution in [0.15, 0.2) is 66.7 Å². The molecule has 3 rings (SSSR count). The molecule has 2 N–H and O–H groups in total. The van der Waals surface area contributed by atoms with Crippen LogP contribution in [0.5, 0.6) is 0 Å². The summed E-state index contributed by atoms with van der Waals surface area (Å²) in [5.41, 5.74) is -0.0628. The predicted octanol–water partition coefficient (Wildman–Crippen LogP) is 5.27. The number of sulfonamides is 1. The monoisotopic (exact) mass is 536 g/mol. The molecule has 0 aliphatic rings. The molecule has 0 aliphatic heterocycles. The first-order chi connectivity index (χ1) is 17.2. The minimum atomic E-state index is -4.65. The maximum atomic E-state index is 14.3. The fraction of sp³-hybridized carbons (Fsp3) is 0.200. The number of anilines is 3. The number of halogens is 4. The van der Waals surface area contributed by atoms with Gasteiger partial charge >= 0.3 is 6.18 Å². The number of alkyl halides is 3. The SMILES string of the molecule is C[C@@H](NC(=O)/C=C/c1ccc(C(F)(F)F)nc1N(C)c1ccccc1)c1ccc(NS(C)(=O)=O)c(F)c1. The molecular weight excluding hydrogens is 512 g/mol. The Balaban J connectivity index is 1.81. The van der Waals surface area contributed by atoms with E-state index in [1.54, 1.807) is 44.3 Å². The van der Waals surface area contributed by atoms with Gasteiger partial charge in [-0.2, -0.15) is 13.2 Å². The van der Waals surface area contributed by atoms with Crippen LogP contribution in [0.2, 0.25) is 0 Å². The molecule has 7 nitrogen and oxygen atoms in total. The molecule has 12 heteroatoms. The van der Waals surface area contributed by atoms with Crippen LogP contribution in [-0.4, -0.2) is 32.6 Å². The van der Waals surface area contributed by atoms with Gasteiger partial charge in [0.15, 0.2) is 0 Å². The lowest BCUT2D eigenvalue weighted by Crippen LogP contribution is -2.25. The maximum absolute atomic E-state index is 14.3. The van der Waals surface area contributed by atoms with Crippen molar-refractivity contribution in [2.24, 2.45) is 0 Å². The summed E-state index contributed by atoms with van der Waals surface area (Å²) in [6.07, 6.45) is -1.28. The number of hydrogen-bond donors (Lipinski definition) is 2. The summed E-state index contributed by atoms with van der Waals surface area (Å²) in [4.78, 5) is 17.8. The summed E-state index contributed by atoms with van der Waals surface area (Å²) in [5, 5.41) is 2.63. The number of carbonyl (C=O) groups excluding carboxylic acids is 1. The van der Waals surface area contributed by atoms with Crippen molar-refractivity contribution in [1.29, 1.82) is 0 Å². The largest absolute Gasteiger partial charge is 0.433 e. The average Bonchev–Trinajstić information content (AvgIpc) is 2.82.